The van der Waals surface area contributed by atoms with Crippen LogP contribution in [0.2, 0.25) is 0 Å². The summed E-state index contributed by atoms with van der Waals surface area (Å²) in [6.45, 7) is 7.66. The van der Waals surface area contributed by atoms with Gasteiger partial charge in [0.1, 0.15) is 0 Å². The van der Waals surface area contributed by atoms with Crippen molar-refractivity contribution in [1.82, 2.24) is 20.0 Å². The number of fused-ring (bicyclic) bond motifs is 1. The molecule has 0 saturated carbocycles. The number of hydrogen-bond acceptors (Lipinski definition) is 3. The van der Waals surface area contributed by atoms with Gasteiger partial charge in [0.05, 0.1) is 5.69 Å². The Morgan fingerprint density at radius 2 is 2.00 bits per heavy atom. The van der Waals surface area contributed by atoms with Crippen molar-refractivity contribution < 1.29 is 4.79 Å². The van der Waals surface area contributed by atoms with E-state index in [1.54, 1.807) is 0 Å². The van der Waals surface area contributed by atoms with Gasteiger partial charge in [0.2, 0.25) is 0 Å². The monoisotopic (exact) mass is 338 g/mol. The standard InChI is InChI=1S/C20H26N4O/c1-14-7-8-17(15(2)13-14)24-18-6-3-5-16(18)19(22-24)20(25)23-11-4-9-21-10-12-23/h7-8,13,21H,3-6,9-12H2,1-2H3. The lowest BCUT2D eigenvalue weighted by Crippen LogP contribution is -2.35. The summed E-state index contributed by atoms with van der Waals surface area (Å²) in [7, 11) is 0. The first-order valence-corrected chi connectivity index (χ1v) is 9.33. The summed E-state index contributed by atoms with van der Waals surface area (Å²) in [5.74, 6) is 0.102. The highest BCUT2D eigenvalue weighted by Gasteiger charge is 2.30. The first kappa shape index (κ1) is 16.3. The SMILES string of the molecule is Cc1ccc(-n2nc(C(=O)N3CCCNCC3)c3c2CCC3)c(C)c1. The zero-order chi connectivity index (χ0) is 17.4. The van der Waals surface area contributed by atoms with Crippen molar-refractivity contribution in [3.63, 3.8) is 0 Å². The summed E-state index contributed by atoms with van der Waals surface area (Å²) >= 11 is 0. The van der Waals surface area contributed by atoms with E-state index >= 15 is 0 Å². The van der Waals surface area contributed by atoms with Crippen LogP contribution < -0.4 is 5.32 Å². The largest absolute Gasteiger partial charge is 0.336 e. The second-order valence-electron chi connectivity index (χ2n) is 7.22. The maximum absolute atomic E-state index is 13.1. The molecule has 2 aliphatic rings. The molecule has 132 valence electrons. The van der Waals surface area contributed by atoms with Crippen LogP contribution in [0.15, 0.2) is 18.2 Å². The normalized spacial score (nSPS) is 17.4. The molecule has 4 rings (SSSR count). The van der Waals surface area contributed by atoms with E-state index in [1.807, 2.05) is 9.58 Å². The number of nitrogens with zero attached hydrogens (tertiary/aromatic N) is 3. The molecule has 2 heterocycles. The second kappa shape index (κ2) is 6.64. The van der Waals surface area contributed by atoms with Crippen molar-refractivity contribution in [3.05, 3.63) is 46.3 Å². The minimum Gasteiger partial charge on any atom is -0.336 e. The molecule has 1 aromatic carbocycles. The van der Waals surface area contributed by atoms with Crippen LogP contribution in [-0.4, -0.2) is 46.8 Å². The van der Waals surface area contributed by atoms with Crippen molar-refractivity contribution in [3.8, 4) is 5.69 Å². The topological polar surface area (TPSA) is 50.2 Å². The molecule has 1 N–H and O–H groups in total. The average Bonchev–Trinajstić information content (AvgIpc) is 3.08. The maximum atomic E-state index is 13.1. The number of carbonyl (C=O) groups excluding carboxylic acids is 1. The number of hydrogen-bond donors (Lipinski definition) is 1. The van der Waals surface area contributed by atoms with Crippen LogP contribution in [0.4, 0.5) is 0 Å². The molecule has 2 aromatic rings. The molecule has 0 unspecified atom stereocenters. The lowest BCUT2D eigenvalue weighted by molar-refractivity contribution is 0.0759. The smallest absolute Gasteiger partial charge is 0.274 e. The van der Waals surface area contributed by atoms with Crippen molar-refractivity contribution in [1.29, 1.82) is 0 Å². The fourth-order valence-electron chi connectivity index (χ4n) is 4.05. The molecule has 1 aliphatic carbocycles. The third kappa shape index (κ3) is 2.97. The third-order valence-corrected chi connectivity index (χ3v) is 5.34. The van der Waals surface area contributed by atoms with E-state index in [-0.39, 0.29) is 5.91 Å². The summed E-state index contributed by atoms with van der Waals surface area (Å²) < 4.78 is 2.03. The fourth-order valence-corrected chi connectivity index (χ4v) is 4.05. The summed E-state index contributed by atoms with van der Waals surface area (Å²) in [6, 6.07) is 6.42. The zero-order valence-corrected chi connectivity index (χ0v) is 15.1. The molecule has 1 aliphatic heterocycles. The van der Waals surface area contributed by atoms with Gasteiger partial charge in [-0.25, -0.2) is 4.68 Å². The van der Waals surface area contributed by atoms with Crippen molar-refractivity contribution in [2.24, 2.45) is 0 Å². The van der Waals surface area contributed by atoms with Crippen LogP contribution in [-0.2, 0) is 12.8 Å². The lowest BCUT2D eigenvalue weighted by atomic mass is 10.1. The number of amides is 1. The van der Waals surface area contributed by atoms with E-state index in [0.717, 1.165) is 57.5 Å². The van der Waals surface area contributed by atoms with Gasteiger partial charge in [-0.05, 0) is 57.7 Å². The molecule has 1 aromatic heterocycles. The number of aromatic nitrogens is 2. The summed E-state index contributed by atoms with van der Waals surface area (Å²) in [4.78, 5) is 15.1. The highest BCUT2D eigenvalue weighted by atomic mass is 16.2. The molecule has 25 heavy (non-hydrogen) atoms. The van der Waals surface area contributed by atoms with Gasteiger partial charge in [0.15, 0.2) is 5.69 Å². The summed E-state index contributed by atoms with van der Waals surface area (Å²) in [5.41, 5.74) is 6.62. The van der Waals surface area contributed by atoms with Crippen LogP contribution in [0.25, 0.3) is 5.69 Å². The van der Waals surface area contributed by atoms with Crippen molar-refractivity contribution >= 4 is 5.91 Å². The van der Waals surface area contributed by atoms with Crippen LogP contribution in [0.1, 0.15) is 45.7 Å². The van der Waals surface area contributed by atoms with Gasteiger partial charge in [0, 0.05) is 30.9 Å². The number of rotatable bonds is 2. The molecule has 5 nitrogen and oxygen atoms in total. The predicted octanol–water partition coefficient (Wildman–Crippen LogP) is 2.41. The highest BCUT2D eigenvalue weighted by Crippen LogP contribution is 2.30. The van der Waals surface area contributed by atoms with E-state index in [9.17, 15) is 4.79 Å². The third-order valence-electron chi connectivity index (χ3n) is 5.34. The molecule has 0 bridgehead atoms. The number of nitrogens with one attached hydrogen (secondary N) is 1. The van der Waals surface area contributed by atoms with E-state index in [1.165, 1.54) is 22.4 Å². The Bertz CT molecular complexity index is 800. The van der Waals surface area contributed by atoms with Gasteiger partial charge in [-0.3, -0.25) is 4.79 Å². The first-order chi connectivity index (χ1) is 12.1. The van der Waals surface area contributed by atoms with E-state index < -0.39 is 0 Å². The van der Waals surface area contributed by atoms with Gasteiger partial charge in [-0.2, -0.15) is 5.10 Å². The molecule has 1 amide bonds. The van der Waals surface area contributed by atoms with E-state index in [4.69, 9.17) is 5.10 Å². The van der Waals surface area contributed by atoms with E-state index in [0.29, 0.717) is 5.69 Å². The number of carbonyl (C=O) groups is 1. The van der Waals surface area contributed by atoms with Crippen LogP contribution in [0, 0.1) is 13.8 Å². The van der Waals surface area contributed by atoms with Gasteiger partial charge < -0.3 is 10.2 Å². The Labute approximate surface area is 149 Å². The minimum absolute atomic E-state index is 0.102. The van der Waals surface area contributed by atoms with Gasteiger partial charge in [0.25, 0.3) is 5.91 Å². The Hall–Kier alpha value is -2.14. The van der Waals surface area contributed by atoms with Crippen LogP contribution in [0.3, 0.4) is 0 Å². The number of aryl methyl sites for hydroxylation is 2. The Balaban J connectivity index is 1.74. The highest BCUT2D eigenvalue weighted by molar-refractivity contribution is 5.94. The molecule has 5 heteroatoms. The van der Waals surface area contributed by atoms with Crippen molar-refractivity contribution in [2.75, 3.05) is 26.2 Å². The minimum atomic E-state index is 0.102. The molecular formula is C20H26N4O. The lowest BCUT2D eigenvalue weighted by Gasteiger charge is -2.19. The summed E-state index contributed by atoms with van der Waals surface area (Å²) in [5, 5.41) is 8.16. The maximum Gasteiger partial charge on any atom is 0.274 e. The van der Waals surface area contributed by atoms with Crippen molar-refractivity contribution in [2.45, 2.75) is 39.5 Å². The quantitative estimate of drug-likeness (QED) is 0.915. The van der Waals surface area contributed by atoms with Gasteiger partial charge in [-0.15, -0.1) is 0 Å². The Kier molecular flexibility index (Phi) is 4.34. The molecule has 0 radical (unpaired) electrons. The second-order valence-corrected chi connectivity index (χ2v) is 7.22. The fraction of sp³-hybridized carbons (Fsp3) is 0.500. The zero-order valence-electron chi connectivity index (χ0n) is 15.1. The predicted molar refractivity (Wildman–Crippen MR) is 98.5 cm³/mol. The van der Waals surface area contributed by atoms with E-state index in [2.05, 4.69) is 37.4 Å². The van der Waals surface area contributed by atoms with Crippen LogP contribution >= 0.6 is 0 Å². The molecule has 1 fully saturated rings. The molecule has 1 saturated heterocycles. The van der Waals surface area contributed by atoms with Gasteiger partial charge in [-0.1, -0.05) is 17.7 Å². The molecule has 0 atom stereocenters. The first-order valence-electron chi connectivity index (χ1n) is 9.33. The van der Waals surface area contributed by atoms with Gasteiger partial charge >= 0.3 is 0 Å². The number of benzene rings is 1. The molecular weight excluding hydrogens is 312 g/mol. The molecule has 0 spiro atoms. The summed E-state index contributed by atoms with van der Waals surface area (Å²) in [6.07, 6.45) is 4.09. The Morgan fingerprint density at radius 1 is 1.12 bits per heavy atom. The Morgan fingerprint density at radius 3 is 2.84 bits per heavy atom. The average molecular weight is 338 g/mol. The van der Waals surface area contributed by atoms with Crippen LogP contribution in [0.5, 0.6) is 0 Å².